The summed E-state index contributed by atoms with van der Waals surface area (Å²) >= 11 is 0. The van der Waals surface area contributed by atoms with E-state index in [1.54, 1.807) is 30.2 Å². The zero-order valence-corrected chi connectivity index (χ0v) is 12.9. The van der Waals surface area contributed by atoms with Gasteiger partial charge in [-0.15, -0.1) is 0 Å². The summed E-state index contributed by atoms with van der Waals surface area (Å²) in [5, 5.41) is 5.05. The van der Waals surface area contributed by atoms with Crippen LogP contribution in [0.3, 0.4) is 0 Å². The van der Waals surface area contributed by atoms with E-state index in [1.807, 2.05) is 20.8 Å². The Labute approximate surface area is 120 Å². The van der Waals surface area contributed by atoms with Crippen LogP contribution in [0.2, 0.25) is 0 Å². The Morgan fingerprint density at radius 1 is 1.25 bits per heavy atom. The molecule has 2 N–H and O–H groups in total. The lowest BCUT2D eigenvalue weighted by Gasteiger charge is -2.24. The number of carbonyl (C=O) groups excluding carboxylic acids is 1. The number of primary sulfonamides is 1. The molecule has 1 rings (SSSR count). The average Bonchev–Trinajstić information content (AvgIpc) is 2.35. The van der Waals surface area contributed by atoms with E-state index in [9.17, 15) is 13.2 Å². The first-order chi connectivity index (χ1) is 9.12. The van der Waals surface area contributed by atoms with Crippen molar-refractivity contribution in [3.63, 3.8) is 0 Å². The van der Waals surface area contributed by atoms with Crippen molar-refractivity contribution in [2.24, 2.45) is 5.14 Å². The number of rotatable bonds is 4. The number of nitrogens with zero attached hydrogens (tertiary/aromatic N) is 1. The Bertz CT molecular complexity index is 614. The average molecular weight is 296 g/mol. The first-order valence-electron chi connectivity index (χ1n) is 6.17. The molecule has 1 aromatic rings. The molecule has 0 saturated carbocycles. The molecular weight excluding hydrogens is 276 g/mol. The van der Waals surface area contributed by atoms with Crippen molar-refractivity contribution in [3.8, 4) is 0 Å². The minimum Gasteiger partial charge on any atom is -0.335 e. The van der Waals surface area contributed by atoms with Crippen LogP contribution < -0.4 is 5.14 Å². The fraction of sp³-hybridized carbons (Fsp3) is 0.357. The maximum Gasteiger partial charge on any atom is 0.246 e. The Hall–Kier alpha value is -1.66. The predicted molar refractivity (Wildman–Crippen MR) is 78.4 cm³/mol. The van der Waals surface area contributed by atoms with Crippen LogP contribution in [-0.4, -0.2) is 26.3 Å². The first-order valence-corrected chi connectivity index (χ1v) is 7.72. The third-order valence-corrected chi connectivity index (χ3v) is 3.96. The van der Waals surface area contributed by atoms with Crippen LogP contribution in [0.5, 0.6) is 0 Å². The molecule has 0 heterocycles. The summed E-state index contributed by atoms with van der Waals surface area (Å²) in [4.78, 5) is 13.6. The predicted octanol–water partition coefficient (Wildman–Crippen LogP) is 1.82. The third kappa shape index (κ3) is 4.18. The lowest BCUT2D eigenvalue weighted by molar-refractivity contribution is -0.126. The van der Waals surface area contributed by atoms with Crippen LogP contribution in [0.1, 0.15) is 32.4 Å². The second-order valence-electron chi connectivity index (χ2n) is 4.96. The summed E-state index contributed by atoms with van der Waals surface area (Å²) in [6, 6.07) is 6.06. The number of allylic oxidation sites excluding steroid dienone is 1. The van der Waals surface area contributed by atoms with E-state index in [0.717, 1.165) is 11.1 Å². The van der Waals surface area contributed by atoms with Crippen molar-refractivity contribution >= 4 is 15.9 Å². The maximum absolute atomic E-state index is 11.9. The number of hydrogen-bond donors (Lipinski definition) is 1. The number of hydrogen-bond acceptors (Lipinski definition) is 3. The van der Waals surface area contributed by atoms with Crippen molar-refractivity contribution in [2.75, 3.05) is 7.05 Å². The van der Waals surface area contributed by atoms with Gasteiger partial charge in [-0.3, -0.25) is 4.79 Å². The lowest BCUT2D eigenvalue weighted by Crippen LogP contribution is -2.28. The smallest absolute Gasteiger partial charge is 0.246 e. The van der Waals surface area contributed by atoms with Gasteiger partial charge in [-0.1, -0.05) is 17.7 Å². The molecule has 1 amide bonds. The molecule has 0 saturated heterocycles. The molecular formula is C14H20N2O3S. The SMILES string of the molecule is CC(C)=CC(=O)N(C)[C@@H](C)c1ccc(S(N)(=O)=O)cc1. The molecule has 0 bridgehead atoms. The van der Waals surface area contributed by atoms with Gasteiger partial charge in [0.15, 0.2) is 0 Å². The first kappa shape index (κ1) is 16.4. The van der Waals surface area contributed by atoms with E-state index < -0.39 is 10.0 Å². The highest BCUT2D eigenvalue weighted by molar-refractivity contribution is 7.89. The van der Waals surface area contributed by atoms with Gasteiger partial charge >= 0.3 is 0 Å². The summed E-state index contributed by atoms with van der Waals surface area (Å²) in [6.45, 7) is 5.59. The zero-order valence-electron chi connectivity index (χ0n) is 12.1. The molecule has 110 valence electrons. The fourth-order valence-corrected chi connectivity index (χ4v) is 2.21. The highest BCUT2D eigenvalue weighted by atomic mass is 32.2. The van der Waals surface area contributed by atoms with E-state index in [-0.39, 0.29) is 16.8 Å². The second-order valence-corrected chi connectivity index (χ2v) is 6.52. The summed E-state index contributed by atoms with van der Waals surface area (Å²) < 4.78 is 22.4. The Morgan fingerprint density at radius 2 is 1.75 bits per heavy atom. The number of sulfonamides is 1. The van der Waals surface area contributed by atoms with Gasteiger partial charge in [0.2, 0.25) is 15.9 Å². The Balaban J connectivity index is 2.96. The van der Waals surface area contributed by atoms with Gasteiger partial charge in [-0.05, 0) is 38.5 Å². The maximum atomic E-state index is 11.9. The van der Waals surface area contributed by atoms with Gasteiger partial charge in [0.25, 0.3) is 0 Å². The fourth-order valence-electron chi connectivity index (χ4n) is 1.70. The van der Waals surface area contributed by atoms with Crippen molar-refractivity contribution in [2.45, 2.75) is 31.7 Å². The largest absolute Gasteiger partial charge is 0.335 e. The highest BCUT2D eigenvalue weighted by Crippen LogP contribution is 2.20. The van der Waals surface area contributed by atoms with Gasteiger partial charge in [-0.25, -0.2) is 13.6 Å². The molecule has 20 heavy (non-hydrogen) atoms. The summed E-state index contributed by atoms with van der Waals surface area (Å²) in [5.41, 5.74) is 1.77. The molecule has 0 fully saturated rings. The Kier molecular flexibility index (Phi) is 5.08. The van der Waals surface area contributed by atoms with Crippen LogP contribution in [0.15, 0.2) is 40.8 Å². The van der Waals surface area contributed by atoms with Gasteiger partial charge in [0.05, 0.1) is 10.9 Å². The molecule has 0 unspecified atom stereocenters. The number of carbonyl (C=O) groups is 1. The van der Waals surface area contributed by atoms with Crippen LogP contribution in [0, 0.1) is 0 Å². The van der Waals surface area contributed by atoms with Gasteiger partial charge in [-0.2, -0.15) is 0 Å². The van der Waals surface area contributed by atoms with Gasteiger partial charge in [0.1, 0.15) is 0 Å². The topological polar surface area (TPSA) is 80.5 Å². The molecule has 1 atom stereocenters. The van der Waals surface area contributed by atoms with Crippen molar-refractivity contribution < 1.29 is 13.2 Å². The quantitative estimate of drug-likeness (QED) is 0.861. The van der Waals surface area contributed by atoms with Crippen LogP contribution in [0.25, 0.3) is 0 Å². The minimum absolute atomic E-state index is 0.0618. The highest BCUT2D eigenvalue weighted by Gasteiger charge is 2.16. The van der Waals surface area contributed by atoms with Crippen LogP contribution in [0.4, 0.5) is 0 Å². The second kappa shape index (κ2) is 6.19. The number of amides is 1. The number of nitrogens with two attached hydrogens (primary N) is 1. The monoisotopic (exact) mass is 296 g/mol. The molecule has 6 heteroatoms. The number of benzene rings is 1. The molecule has 0 aliphatic heterocycles. The minimum atomic E-state index is -3.69. The van der Waals surface area contributed by atoms with E-state index in [2.05, 4.69) is 0 Å². The van der Waals surface area contributed by atoms with Gasteiger partial charge in [0, 0.05) is 13.1 Å². The van der Waals surface area contributed by atoms with Gasteiger partial charge < -0.3 is 4.90 Å². The summed E-state index contributed by atoms with van der Waals surface area (Å²) in [7, 11) is -1.98. The normalized spacial score (nSPS) is 12.7. The summed E-state index contributed by atoms with van der Waals surface area (Å²) in [5.74, 6) is -0.0898. The molecule has 0 aliphatic carbocycles. The molecule has 5 nitrogen and oxygen atoms in total. The van der Waals surface area contributed by atoms with E-state index >= 15 is 0 Å². The van der Waals surface area contributed by atoms with Crippen molar-refractivity contribution in [3.05, 3.63) is 41.5 Å². The van der Waals surface area contributed by atoms with E-state index in [0.29, 0.717) is 0 Å². The van der Waals surface area contributed by atoms with E-state index in [4.69, 9.17) is 5.14 Å². The molecule has 0 aromatic heterocycles. The number of likely N-dealkylation sites (N-methyl/N-ethyl adjacent to an activating group) is 1. The molecule has 1 aromatic carbocycles. The van der Waals surface area contributed by atoms with Crippen LogP contribution >= 0.6 is 0 Å². The Morgan fingerprint density at radius 3 is 2.15 bits per heavy atom. The molecule has 0 spiro atoms. The standard InChI is InChI=1S/C14H20N2O3S/c1-10(2)9-14(17)16(4)11(3)12-5-7-13(8-6-12)20(15,18)19/h5-9,11H,1-4H3,(H2,15,18,19)/t11-/m0/s1. The van der Waals surface area contributed by atoms with E-state index in [1.165, 1.54) is 12.1 Å². The van der Waals surface area contributed by atoms with Crippen LogP contribution in [-0.2, 0) is 14.8 Å². The lowest BCUT2D eigenvalue weighted by atomic mass is 10.1. The molecule has 0 aliphatic rings. The van der Waals surface area contributed by atoms with Crippen molar-refractivity contribution in [1.82, 2.24) is 4.90 Å². The third-order valence-electron chi connectivity index (χ3n) is 3.03. The van der Waals surface area contributed by atoms with Crippen molar-refractivity contribution in [1.29, 1.82) is 0 Å². The molecule has 0 radical (unpaired) electrons. The summed E-state index contributed by atoms with van der Waals surface area (Å²) in [6.07, 6.45) is 1.56. The zero-order chi connectivity index (χ0) is 15.5.